The lowest BCUT2D eigenvalue weighted by Crippen LogP contribution is -2.51. The Morgan fingerprint density at radius 2 is 2.05 bits per heavy atom. The molecule has 1 aliphatic heterocycles. The summed E-state index contributed by atoms with van der Waals surface area (Å²) < 4.78 is 0. The number of Topliss-reactive ketones (excluding diaryl/α,β-unsaturated/α-hetero) is 1. The average molecular weight is 272 g/mol. The Morgan fingerprint density at radius 1 is 1.30 bits per heavy atom. The second-order valence-electron chi connectivity index (χ2n) is 6.04. The second-order valence-corrected chi connectivity index (χ2v) is 6.04. The van der Waals surface area contributed by atoms with Crippen LogP contribution in [0.2, 0.25) is 0 Å². The summed E-state index contributed by atoms with van der Waals surface area (Å²) in [4.78, 5) is 23.1. The van der Waals surface area contributed by atoms with E-state index < -0.39 is 5.60 Å². The predicted molar refractivity (Wildman–Crippen MR) is 76.7 cm³/mol. The summed E-state index contributed by atoms with van der Waals surface area (Å²) in [7, 11) is 0. The minimum atomic E-state index is -0.526. The molecule has 2 aliphatic rings. The third-order valence-corrected chi connectivity index (χ3v) is 4.60. The lowest BCUT2D eigenvalue weighted by atomic mass is 9.71. The summed E-state index contributed by atoms with van der Waals surface area (Å²) in [5.74, 6) is 0.438. The maximum atomic E-state index is 12.0. The van der Waals surface area contributed by atoms with Crippen molar-refractivity contribution in [2.75, 3.05) is 0 Å². The quantitative estimate of drug-likeness (QED) is 0.774. The van der Waals surface area contributed by atoms with Crippen LogP contribution >= 0.6 is 0 Å². The first kappa shape index (κ1) is 13.5. The van der Waals surface area contributed by atoms with Gasteiger partial charge in [0.05, 0.1) is 0 Å². The van der Waals surface area contributed by atoms with Crippen LogP contribution in [-0.2, 0) is 14.6 Å². The molecule has 2 bridgehead atoms. The van der Waals surface area contributed by atoms with Gasteiger partial charge in [-0.1, -0.05) is 43.3 Å². The second kappa shape index (κ2) is 5.15. The van der Waals surface area contributed by atoms with Crippen molar-refractivity contribution in [2.45, 2.75) is 38.4 Å². The van der Waals surface area contributed by atoms with Crippen molar-refractivity contribution < 1.29 is 14.6 Å². The van der Waals surface area contributed by atoms with E-state index in [9.17, 15) is 4.79 Å². The van der Waals surface area contributed by atoms with Crippen LogP contribution in [0.3, 0.4) is 0 Å². The predicted octanol–water partition coefficient (Wildman–Crippen LogP) is 3.40. The van der Waals surface area contributed by atoms with Crippen molar-refractivity contribution in [1.29, 1.82) is 0 Å². The molecule has 1 saturated carbocycles. The molecule has 3 heteroatoms. The molecule has 0 amide bonds. The lowest BCUT2D eigenvalue weighted by molar-refractivity contribution is -0.415. The zero-order valence-corrected chi connectivity index (χ0v) is 11.9. The van der Waals surface area contributed by atoms with E-state index in [0.717, 1.165) is 12.0 Å². The van der Waals surface area contributed by atoms with Gasteiger partial charge in [0.1, 0.15) is 17.5 Å². The molecular weight excluding hydrogens is 252 g/mol. The number of rotatable bonds is 2. The molecule has 1 saturated heterocycles. The zero-order valence-electron chi connectivity index (χ0n) is 11.9. The van der Waals surface area contributed by atoms with Crippen molar-refractivity contribution in [2.24, 2.45) is 11.8 Å². The smallest absolute Gasteiger partial charge is 0.138 e. The highest BCUT2D eigenvalue weighted by Gasteiger charge is 2.48. The fraction of sp³-hybridized carbons (Fsp3) is 0.471. The largest absolute Gasteiger partial charge is 0.299 e. The van der Waals surface area contributed by atoms with E-state index in [2.05, 4.69) is 0 Å². The molecular formula is C17H20O3. The number of hydrogen-bond acceptors (Lipinski definition) is 3. The Balaban J connectivity index is 1.79. The van der Waals surface area contributed by atoms with Crippen molar-refractivity contribution in [1.82, 2.24) is 0 Å². The van der Waals surface area contributed by atoms with Crippen LogP contribution in [-0.4, -0.2) is 17.5 Å². The van der Waals surface area contributed by atoms with E-state index in [-0.39, 0.29) is 23.7 Å². The van der Waals surface area contributed by atoms with Crippen molar-refractivity contribution in [3.8, 4) is 0 Å². The summed E-state index contributed by atoms with van der Waals surface area (Å²) in [5, 5.41) is 0. The Bertz CT molecular complexity index is 522. The summed E-state index contributed by atoms with van der Waals surface area (Å²) in [6.45, 7) is 3.92. The number of ketones is 1. The highest BCUT2D eigenvalue weighted by molar-refractivity contribution is 5.82. The van der Waals surface area contributed by atoms with Gasteiger partial charge in [0.25, 0.3) is 0 Å². The molecule has 20 heavy (non-hydrogen) atoms. The molecule has 1 aromatic carbocycles. The first-order valence-electron chi connectivity index (χ1n) is 7.20. The third kappa shape index (κ3) is 2.43. The maximum absolute atomic E-state index is 12.0. The maximum Gasteiger partial charge on any atom is 0.138 e. The molecule has 1 aromatic rings. The summed E-state index contributed by atoms with van der Waals surface area (Å²) in [6, 6.07) is 10.1. The summed E-state index contributed by atoms with van der Waals surface area (Å²) in [6.07, 6.45) is 5.44. The van der Waals surface area contributed by atoms with Crippen molar-refractivity contribution >= 4 is 11.9 Å². The van der Waals surface area contributed by atoms with E-state index in [4.69, 9.17) is 9.78 Å². The number of benzene rings is 1. The molecule has 3 nitrogen and oxygen atoms in total. The molecule has 0 aromatic heterocycles. The Morgan fingerprint density at radius 3 is 2.80 bits per heavy atom. The monoisotopic (exact) mass is 272 g/mol. The van der Waals surface area contributed by atoms with Gasteiger partial charge in [0, 0.05) is 18.3 Å². The normalized spacial score (nSPS) is 37.3. The fourth-order valence-corrected chi connectivity index (χ4v) is 2.99. The Hall–Kier alpha value is -1.45. The number of carbonyl (C=O) groups excluding carboxylic acids is 1. The van der Waals surface area contributed by atoms with Crippen LogP contribution in [0.4, 0.5) is 0 Å². The molecule has 0 N–H and O–H groups in total. The first-order valence-corrected chi connectivity index (χ1v) is 7.20. The van der Waals surface area contributed by atoms with E-state index in [1.807, 2.05) is 56.3 Å². The number of fused-ring (bicyclic) bond motifs is 2. The topological polar surface area (TPSA) is 35.5 Å². The van der Waals surface area contributed by atoms with Crippen LogP contribution in [0, 0.1) is 11.8 Å². The van der Waals surface area contributed by atoms with Gasteiger partial charge in [-0.3, -0.25) is 4.79 Å². The van der Waals surface area contributed by atoms with Crippen molar-refractivity contribution in [3.05, 3.63) is 42.0 Å². The first-order chi connectivity index (χ1) is 9.58. The van der Waals surface area contributed by atoms with E-state index in [1.54, 1.807) is 0 Å². The van der Waals surface area contributed by atoms with Gasteiger partial charge >= 0.3 is 0 Å². The van der Waals surface area contributed by atoms with Crippen LogP contribution < -0.4 is 0 Å². The molecule has 4 atom stereocenters. The summed E-state index contributed by atoms with van der Waals surface area (Å²) in [5.41, 5.74) is 0.595. The fourth-order valence-electron chi connectivity index (χ4n) is 2.99. The molecule has 3 rings (SSSR count). The van der Waals surface area contributed by atoms with Crippen LogP contribution in [0.5, 0.6) is 0 Å². The van der Waals surface area contributed by atoms with Crippen molar-refractivity contribution in [3.63, 3.8) is 0 Å². The van der Waals surface area contributed by atoms with E-state index in [1.165, 1.54) is 0 Å². The standard InChI is InChI=1S/C17H20O3/c1-12-15(18)10-14-11-16(12)19-20-17(14,2)9-8-13-6-4-3-5-7-13/h3-9,12,14,16H,10-11H2,1-2H3/t12-,14+,16+,17+/m1/s1. The van der Waals surface area contributed by atoms with Gasteiger partial charge in [-0.25, -0.2) is 9.78 Å². The summed E-state index contributed by atoms with van der Waals surface area (Å²) >= 11 is 0. The molecule has 1 aliphatic carbocycles. The number of hydrogen-bond donors (Lipinski definition) is 0. The molecule has 106 valence electrons. The highest BCUT2D eigenvalue weighted by Crippen LogP contribution is 2.42. The van der Waals surface area contributed by atoms with E-state index >= 15 is 0 Å². The number of carbonyl (C=O) groups is 1. The molecule has 1 heterocycles. The average Bonchev–Trinajstić information content (AvgIpc) is 2.47. The van der Waals surface area contributed by atoms with Gasteiger partial charge in [-0.2, -0.15) is 0 Å². The van der Waals surface area contributed by atoms with Gasteiger partial charge in [-0.15, -0.1) is 0 Å². The highest BCUT2D eigenvalue weighted by atomic mass is 17.2. The van der Waals surface area contributed by atoms with Gasteiger partial charge in [0.15, 0.2) is 0 Å². The third-order valence-electron chi connectivity index (χ3n) is 4.60. The molecule has 2 fully saturated rings. The lowest BCUT2D eigenvalue weighted by Gasteiger charge is -2.45. The molecule has 0 unspecified atom stereocenters. The minimum Gasteiger partial charge on any atom is -0.299 e. The SMILES string of the molecule is C[C@@H]1C(=O)C[C@H]2C[C@@H]1OO[C@@]2(C)C=Cc1ccccc1. The minimum absolute atomic E-state index is 0.0473. The van der Waals surface area contributed by atoms with E-state index in [0.29, 0.717) is 6.42 Å². The van der Waals surface area contributed by atoms with Gasteiger partial charge < -0.3 is 0 Å². The van der Waals surface area contributed by atoms with Crippen LogP contribution in [0.1, 0.15) is 32.3 Å². The van der Waals surface area contributed by atoms with Gasteiger partial charge in [0.2, 0.25) is 0 Å². The van der Waals surface area contributed by atoms with Gasteiger partial charge in [-0.05, 0) is 25.0 Å². The zero-order chi connectivity index (χ0) is 14.2. The Labute approximate surface area is 119 Å². The Kier molecular flexibility index (Phi) is 3.48. The molecule has 0 radical (unpaired) electrons. The van der Waals surface area contributed by atoms with Crippen LogP contribution in [0.15, 0.2) is 36.4 Å². The van der Waals surface area contributed by atoms with Crippen LogP contribution in [0.25, 0.3) is 6.08 Å². The molecule has 0 spiro atoms.